The zero-order chi connectivity index (χ0) is 18.5. The van der Waals surface area contributed by atoms with Gasteiger partial charge in [0.05, 0.1) is 0 Å². The molecule has 0 aliphatic rings. The van der Waals surface area contributed by atoms with Gasteiger partial charge in [0.25, 0.3) is 5.91 Å². The van der Waals surface area contributed by atoms with E-state index in [1.807, 2.05) is 0 Å². The van der Waals surface area contributed by atoms with E-state index >= 15 is 0 Å². The zero-order valence-electron chi connectivity index (χ0n) is 13.4. The predicted octanol–water partition coefficient (Wildman–Crippen LogP) is 4.77. The molecular formula is C20H12F2N2O2. The van der Waals surface area contributed by atoms with E-state index in [1.54, 1.807) is 30.3 Å². The van der Waals surface area contributed by atoms with Crippen LogP contribution in [0.15, 0.2) is 70.7 Å². The first-order valence-electron chi connectivity index (χ1n) is 7.59. The summed E-state index contributed by atoms with van der Waals surface area (Å²) < 4.78 is 31.7. The molecule has 128 valence electrons. The smallest absolute Gasteiger partial charge is 0.266 e. The van der Waals surface area contributed by atoms with Crippen LogP contribution in [-0.2, 0) is 4.79 Å². The second kappa shape index (κ2) is 7.45. The van der Waals surface area contributed by atoms with Crippen LogP contribution >= 0.6 is 0 Å². The lowest BCUT2D eigenvalue weighted by atomic mass is 10.2. The topological polar surface area (TPSA) is 66.0 Å². The van der Waals surface area contributed by atoms with Gasteiger partial charge in [-0.05, 0) is 48.5 Å². The number of nitrogens with zero attached hydrogens (tertiary/aromatic N) is 1. The lowest BCUT2D eigenvalue weighted by Crippen LogP contribution is -2.13. The van der Waals surface area contributed by atoms with Crippen LogP contribution in [0.5, 0.6) is 0 Å². The molecule has 3 rings (SSSR count). The monoisotopic (exact) mass is 350 g/mol. The number of carbonyl (C=O) groups excluding carboxylic acids is 1. The van der Waals surface area contributed by atoms with Gasteiger partial charge in [0.1, 0.15) is 34.8 Å². The summed E-state index contributed by atoms with van der Waals surface area (Å²) in [4.78, 5) is 12.2. The van der Waals surface area contributed by atoms with Crippen LogP contribution in [0.25, 0.3) is 17.4 Å². The van der Waals surface area contributed by atoms with Gasteiger partial charge in [-0.25, -0.2) is 8.78 Å². The molecule has 0 saturated heterocycles. The van der Waals surface area contributed by atoms with Gasteiger partial charge >= 0.3 is 0 Å². The van der Waals surface area contributed by atoms with Crippen molar-refractivity contribution in [2.75, 3.05) is 5.32 Å². The summed E-state index contributed by atoms with van der Waals surface area (Å²) in [5.41, 5.74) is 0.714. The van der Waals surface area contributed by atoms with Crippen molar-refractivity contribution in [3.05, 3.63) is 83.6 Å². The Hall–Kier alpha value is -3.72. The number of anilines is 1. The van der Waals surface area contributed by atoms with Crippen LogP contribution in [0.3, 0.4) is 0 Å². The van der Waals surface area contributed by atoms with E-state index in [2.05, 4.69) is 5.32 Å². The average Bonchev–Trinajstić information content (AvgIpc) is 3.10. The van der Waals surface area contributed by atoms with Crippen molar-refractivity contribution >= 4 is 17.7 Å². The molecule has 0 fully saturated rings. The van der Waals surface area contributed by atoms with Gasteiger partial charge < -0.3 is 9.73 Å². The molecule has 0 unspecified atom stereocenters. The van der Waals surface area contributed by atoms with Crippen molar-refractivity contribution in [3.8, 4) is 17.4 Å². The van der Waals surface area contributed by atoms with Gasteiger partial charge in [-0.15, -0.1) is 0 Å². The van der Waals surface area contributed by atoms with E-state index in [-0.39, 0.29) is 11.3 Å². The third kappa shape index (κ3) is 4.02. The fraction of sp³-hybridized carbons (Fsp3) is 0. The molecule has 0 radical (unpaired) electrons. The van der Waals surface area contributed by atoms with Crippen molar-refractivity contribution in [3.63, 3.8) is 0 Å². The Kier molecular flexibility index (Phi) is 4.90. The molecule has 3 aromatic rings. The Morgan fingerprint density at radius 1 is 1.04 bits per heavy atom. The Balaban J connectivity index is 1.80. The summed E-state index contributed by atoms with van der Waals surface area (Å²) in [5.74, 6) is -0.795. The van der Waals surface area contributed by atoms with Gasteiger partial charge in [-0.1, -0.05) is 12.1 Å². The third-order valence-corrected chi connectivity index (χ3v) is 3.49. The van der Waals surface area contributed by atoms with Gasteiger partial charge in [-0.2, -0.15) is 5.26 Å². The Labute approximate surface area is 148 Å². The quantitative estimate of drug-likeness (QED) is 0.544. The van der Waals surface area contributed by atoms with E-state index in [4.69, 9.17) is 4.42 Å². The molecule has 6 heteroatoms. The molecule has 1 N–H and O–H groups in total. The number of nitrogens with one attached hydrogen (secondary N) is 1. The number of furan rings is 1. The van der Waals surface area contributed by atoms with Gasteiger partial charge in [-0.3, -0.25) is 4.79 Å². The van der Waals surface area contributed by atoms with E-state index < -0.39 is 17.5 Å². The highest BCUT2D eigenvalue weighted by atomic mass is 19.1. The molecule has 0 aliphatic carbocycles. The first-order valence-corrected chi connectivity index (χ1v) is 7.59. The highest BCUT2D eigenvalue weighted by molar-refractivity contribution is 6.09. The summed E-state index contributed by atoms with van der Waals surface area (Å²) in [6, 6.07) is 16.0. The van der Waals surface area contributed by atoms with Crippen LogP contribution in [0.4, 0.5) is 14.5 Å². The number of nitriles is 1. The van der Waals surface area contributed by atoms with Gasteiger partial charge in [0, 0.05) is 17.3 Å². The van der Waals surface area contributed by atoms with Gasteiger partial charge in [0.15, 0.2) is 0 Å². The molecule has 1 heterocycles. The van der Waals surface area contributed by atoms with E-state index in [0.717, 1.165) is 0 Å². The molecule has 0 aliphatic heterocycles. The van der Waals surface area contributed by atoms with Crippen molar-refractivity contribution in [1.82, 2.24) is 0 Å². The highest BCUT2D eigenvalue weighted by Gasteiger charge is 2.12. The molecule has 1 amide bonds. The van der Waals surface area contributed by atoms with Crippen LogP contribution in [0.1, 0.15) is 5.76 Å². The molecular weight excluding hydrogens is 338 g/mol. The fourth-order valence-electron chi connectivity index (χ4n) is 2.25. The maximum atomic E-state index is 13.3. The average molecular weight is 350 g/mol. The molecule has 2 aromatic carbocycles. The van der Waals surface area contributed by atoms with Crippen molar-refractivity contribution in [2.24, 2.45) is 0 Å². The minimum absolute atomic E-state index is 0.186. The first-order chi connectivity index (χ1) is 12.5. The maximum absolute atomic E-state index is 13.3. The number of benzene rings is 2. The van der Waals surface area contributed by atoms with Gasteiger partial charge in [0.2, 0.25) is 0 Å². The molecule has 0 bridgehead atoms. The Morgan fingerprint density at radius 3 is 2.50 bits per heavy atom. The summed E-state index contributed by atoms with van der Waals surface area (Å²) in [7, 11) is 0. The molecule has 1 aromatic heterocycles. The van der Waals surface area contributed by atoms with E-state index in [1.165, 1.54) is 42.5 Å². The SMILES string of the molecule is N#C/C(=C\c1ccc(-c2cccc(F)c2)o1)C(=O)Nc1ccc(F)cc1. The lowest BCUT2D eigenvalue weighted by molar-refractivity contribution is -0.112. The zero-order valence-corrected chi connectivity index (χ0v) is 13.4. The summed E-state index contributed by atoms with van der Waals surface area (Å²) in [5, 5.41) is 11.7. The van der Waals surface area contributed by atoms with Crippen LogP contribution in [0.2, 0.25) is 0 Å². The van der Waals surface area contributed by atoms with Crippen LogP contribution < -0.4 is 5.32 Å². The normalized spacial score (nSPS) is 11.0. The summed E-state index contributed by atoms with van der Waals surface area (Å²) in [6.07, 6.45) is 1.28. The number of carbonyl (C=O) groups is 1. The molecule has 0 saturated carbocycles. The molecule has 4 nitrogen and oxygen atoms in total. The largest absolute Gasteiger partial charge is 0.457 e. The fourth-order valence-corrected chi connectivity index (χ4v) is 2.25. The van der Waals surface area contributed by atoms with Crippen molar-refractivity contribution in [1.29, 1.82) is 5.26 Å². The second-order valence-electron chi connectivity index (χ2n) is 5.34. The van der Waals surface area contributed by atoms with Crippen molar-refractivity contribution < 1.29 is 18.0 Å². The van der Waals surface area contributed by atoms with Crippen LogP contribution in [0, 0.1) is 23.0 Å². The van der Waals surface area contributed by atoms with E-state index in [0.29, 0.717) is 17.0 Å². The van der Waals surface area contributed by atoms with E-state index in [9.17, 15) is 18.8 Å². The number of halogens is 2. The highest BCUT2D eigenvalue weighted by Crippen LogP contribution is 2.24. The molecule has 0 spiro atoms. The first kappa shape index (κ1) is 17.1. The summed E-state index contributed by atoms with van der Waals surface area (Å²) in [6.45, 7) is 0. The maximum Gasteiger partial charge on any atom is 0.266 e. The molecule has 26 heavy (non-hydrogen) atoms. The van der Waals surface area contributed by atoms with Crippen molar-refractivity contribution in [2.45, 2.75) is 0 Å². The predicted molar refractivity (Wildman–Crippen MR) is 92.7 cm³/mol. The lowest BCUT2D eigenvalue weighted by Gasteiger charge is -2.03. The van der Waals surface area contributed by atoms with Crippen LogP contribution in [-0.4, -0.2) is 5.91 Å². The Bertz CT molecular complexity index is 1010. The third-order valence-electron chi connectivity index (χ3n) is 3.49. The number of rotatable bonds is 4. The second-order valence-corrected chi connectivity index (χ2v) is 5.34. The number of amides is 1. The molecule has 0 atom stereocenters. The standard InChI is InChI=1S/C20H12F2N2O2/c21-15-4-6-17(7-5-15)24-20(25)14(12-23)11-18-8-9-19(26-18)13-2-1-3-16(22)10-13/h1-11H,(H,24,25)/b14-11+. The number of hydrogen-bond donors (Lipinski definition) is 1. The number of hydrogen-bond acceptors (Lipinski definition) is 3. The summed E-state index contributed by atoms with van der Waals surface area (Å²) >= 11 is 0. The Morgan fingerprint density at radius 2 is 1.81 bits per heavy atom. The minimum Gasteiger partial charge on any atom is -0.457 e. The minimum atomic E-state index is -0.650.